The Morgan fingerprint density at radius 1 is 1.31 bits per heavy atom. The van der Waals surface area contributed by atoms with E-state index < -0.39 is 5.97 Å². The Labute approximate surface area is 153 Å². The summed E-state index contributed by atoms with van der Waals surface area (Å²) in [6, 6.07) is 7.93. The van der Waals surface area contributed by atoms with Crippen molar-refractivity contribution in [2.24, 2.45) is 0 Å². The number of ether oxygens (including phenoxy) is 1. The number of nitrogens with zero attached hydrogens (tertiary/aromatic N) is 4. The second kappa shape index (κ2) is 8.25. The first-order valence-electron chi connectivity index (χ1n) is 8.70. The highest BCUT2D eigenvalue weighted by Gasteiger charge is 2.22. The first-order valence-corrected chi connectivity index (χ1v) is 8.70. The molecular weight excluding hydrogens is 332 g/mol. The highest BCUT2D eigenvalue weighted by atomic mass is 16.5. The van der Waals surface area contributed by atoms with E-state index in [0.717, 1.165) is 30.8 Å². The van der Waals surface area contributed by atoms with E-state index in [1.807, 2.05) is 18.2 Å². The van der Waals surface area contributed by atoms with E-state index >= 15 is 0 Å². The number of carboxylic acid groups (broad SMARTS) is 1. The number of hydrogen-bond acceptors (Lipinski definition) is 6. The Morgan fingerprint density at radius 3 is 2.77 bits per heavy atom. The van der Waals surface area contributed by atoms with Crippen LogP contribution in [0.1, 0.15) is 12.5 Å². The Bertz CT molecular complexity index is 754. The van der Waals surface area contributed by atoms with E-state index in [2.05, 4.69) is 33.7 Å². The highest BCUT2D eigenvalue weighted by Crippen LogP contribution is 2.27. The van der Waals surface area contributed by atoms with Gasteiger partial charge in [0.15, 0.2) is 12.4 Å². The molecule has 0 bridgehead atoms. The van der Waals surface area contributed by atoms with Crippen molar-refractivity contribution in [2.75, 3.05) is 33.3 Å². The molecule has 7 heteroatoms. The van der Waals surface area contributed by atoms with Gasteiger partial charge in [-0.2, -0.15) is 0 Å². The van der Waals surface area contributed by atoms with Gasteiger partial charge in [-0.05, 0) is 38.2 Å². The molecule has 1 N–H and O–H groups in total. The van der Waals surface area contributed by atoms with Crippen LogP contribution in [0.5, 0.6) is 5.75 Å². The standard InChI is InChI=1S/C19H24N4O3/c1-14-11-23(9-8-22(14)2)12-16-10-15(19-20-6-3-7-21-19)4-5-17(16)26-13-18(24)25/h3-7,10,14H,8-9,11-13H2,1-2H3,(H,24,25)/t14-/m0/s1. The quantitative estimate of drug-likeness (QED) is 0.844. The third-order valence-electron chi connectivity index (χ3n) is 4.67. The summed E-state index contributed by atoms with van der Waals surface area (Å²) < 4.78 is 5.50. The first-order chi connectivity index (χ1) is 12.5. The molecule has 0 spiro atoms. The monoisotopic (exact) mass is 356 g/mol. The largest absolute Gasteiger partial charge is 0.482 e. The van der Waals surface area contributed by atoms with Gasteiger partial charge in [-0.3, -0.25) is 4.90 Å². The van der Waals surface area contributed by atoms with Crippen LogP contribution in [0.4, 0.5) is 0 Å². The van der Waals surface area contributed by atoms with Gasteiger partial charge in [0.2, 0.25) is 0 Å². The van der Waals surface area contributed by atoms with E-state index in [0.29, 0.717) is 24.2 Å². The van der Waals surface area contributed by atoms with Crippen molar-refractivity contribution in [3.05, 3.63) is 42.2 Å². The van der Waals surface area contributed by atoms with Crippen molar-refractivity contribution in [1.29, 1.82) is 0 Å². The van der Waals surface area contributed by atoms with Gasteiger partial charge in [-0.15, -0.1) is 0 Å². The summed E-state index contributed by atoms with van der Waals surface area (Å²) in [5.41, 5.74) is 1.85. The Balaban J connectivity index is 1.84. The van der Waals surface area contributed by atoms with Crippen molar-refractivity contribution in [2.45, 2.75) is 19.5 Å². The number of piperazine rings is 1. The molecular formula is C19H24N4O3. The fourth-order valence-corrected chi connectivity index (χ4v) is 3.08. The van der Waals surface area contributed by atoms with Gasteiger partial charge in [0.25, 0.3) is 0 Å². The maximum Gasteiger partial charge on any atom is 0.341 e. The topological polar surface area (TPSA) is 78.8 Å². The minimum atomic E-state index is -0.986. The van der Waals surface area contributed by atoms with Gasteiger partial charge in [0.05, 0.1) is 0 Å². The molecule has 0 radical (unpaired) electrons. The zero-order chi connectivity index (χ0) is 18.5. The maximum atomic E-state index is 10.9. The lowest BCUT2D eigenvalue weighted by molar-refractivity contribution is -0.139. The molecule has 2 aromatic rings. The minimum Gasteiger partial charge on any atom is -0.482 e. The molecule has 1 aromatic carbocycles. The zero-order valence-electron chi connectivity index (χ0n) is 15.1. The molecule has 7 nitrogen and oxygen atoms in total. The number of aromatic nitrogens is 2. The lowest BCUT2D eigenvalue weighted by Crippen LogP contribution is -2.49. The average Bonchev–Trinajstić information content (AvgIpc) is 2.64. The van der Waals surface area contributed by atoms with Crippen LogP contribution in [0.2, 0.25) is 0 Å². The van der Waals surface area contributed by atoms with Crippen LogP contribution < -0.4 is 4.74 Å². The summed E-state index contributed by atoms with van der Waals surface area (Å²) in [6.45, 7) is 5.49. The fourth-order valence-electron chi connectivity index (χ4n) is 3.08. The van der Waals surface area contributed by atoms with E-state index in [9.17, 15) is 4.79 Å². The Hall–Kier alpha value is -2.51. The molecule has 0 unspecified atom stereocenters. The molecule has 1 aliphatic rings. The summed E-state index contributed by atoms with van der Waals surface area (Å²) in [5.74, 6) is 0.253. The number of hydrogen-bond donors (Lipinski definition) is 1. The van der Waals surface area contributed by atoms with Crippen molar-refractivity contribution in [3.63, 3.8) is 0 Å². The zero-order valence-corrected chi connectivity index (χ0v) is 15.1. The van der Waals surface area contributed by atoms with Crippen molar-refractivity contribution < 1.29 is 14.6 Å². The van der Waals surface area contributed by atoms with Crippen LogP contribution in [0.25, 0.3) is 11.4 Å². The van der Waals surface area contributed by atoms with Crippen molar-refractivity contribution in [3.8, 4) is 17.1 Å². The average molecular weight is 356 g/mol. The molecule has 1 fully saturated rings. The molecule has 3 rings (SSSR count). The fraction of sp³-hybridized carbons (Fsp3) is 0.421. The molecule has 2 heterocycles. The first kappa shape index (κ1) is 18.3. The smallest absolute Gasteiger partial charge is 0.341 e. The molecule has 0 aliphatic carbocycles. The summed E-state index contributed by atoms with van der Waals surface area (Å²) in [5, 5.41) is 8.92. The molecule has 1 aromatic heterocycles. The number of aliphatic carboxylic acids is 1. The highest BCUT2D eigenvalue weighted by molar-refractivity contribution is 5.68. The number of carbonyl (C=O) groups is 1. The van der Waals surface area contributed by atoms with Crippen molar-refractivity contribution in [1.82, 2.24) is 19.8 Å². The van der Waals surface area contributed by atoms with Crippen LogP contribution in [-0.4, -0.2) is 70.2 Å². The molecule has 0 amide bonds. The maximum absolute atomic E-state index is 10.9. The number of rotatable bonds is 6. The normalized spacial score (nSPS) is 18.6. The molecule has 1 atom stereocenters. The van der Waals surface area contributed by atoms with E-state index in [1.54, 1.807) is 18.5 Å². The van der Waals surface area contributed by atoms with Gasteiger partial charge < -0.3 is 14.7 Å². The predicted molar refractivity (Wildman–Crippen MR) is 98.0 cm³/mol. The number of benzene rings is 1. The molecule has 1 saturated heterocycles. The van der Waals surface area contributed by atoms with Gasteiger partial charge >= 0.3 is 5.97 Å². The van der Waals surface area contributed by atoms with E-state index in [1.165, 1.54) is 0 Å². The molecule has 1 aliphatic heterocycles. The predicted octanol–water partition coefficient (Wildman–Crippen LogP) is 1.74. The third kappa shape index (κ3) is 4.56. The van der Waals surface area contributed by atoms with Gasteiger partial charge in [0.1, 0.15) is 5.75 Å². The van der Waals surface area contributed by atoms with E-state index in [-0.39, 0.29) is 6.61 Å². The summed E-state index contributed by atoms with van der Waals surface area (Å²) in [4.78, 5) is 24.2. The van der Waals surface area contributed by atoms with Crippen LogP contribution in [0, 0.1) is 0 Å². The Kier molecular flexibility index (Phi) is 5.80. The van der Waals surface area contributed by atoms with Crippen molar-refractivity contribution >= 4 is 5.97 Å². The lowest BCUT2D eigenvalue weighted by Gasteiger charge is -2.37. The minimum absolute atomic E-state index is 0.354. The third-order valence-corrected chi connectivity index (χ3v) is 4.67. The van der Waals surface area contributed by atoms with Gasteiger partial charge in [0, 0.05) is 55.7 Å². The van der Waals surface area contributed by atoms with E-state index in [4.69, 9.17) is 9.84 Å². The van der Waals surface area contributed by atoms with Gasteiger partial charge in [-0.1, -0.05) is 0 Å². The number of carboxylic acids is 1. The molecule has 26 heavy (non-hydrogen) atoms. The summed E-state index contributed by atoms with van der Waals surface area (Å²) in [7, 11) is 2.14. The van der Waals surface area contributed by atoms with Crippen LogP contribution >= 0.6 is 0 Å². The second-order valence-corrected chi connectivity index (χ2v) is 6.64. The van der Waals surface area contributed by atoms with Crippen LogP contribution in [-0.2, 0) is 11.3 Å². The molecule has 138 valence electrons. The summed E-state index contributed by atoms with van der Waals surface area (Å²) >= 11 is 0. The lowest BCUT2D eigenvalue weighted by atomic mass is 10.1. The Morgan fingerprint density at radius 2 is 2.08 bits per heavy atom. The van der Waals surface area contributed by atoms with Gasteiger partial charge in [-0.25, -0.2) is 14.8 Å². The SMILES string of the molecule is C[C@H]1CN(Cc2cc(-c3ncccn3)ccc2OCC(=O)O)CCN1C. The summed E-state index contributed by atoms with van der Waals surface area (Å²) in [6.07, 6.45) is 3.41. The van der Waals surface area contributed by atoms with Crippen LogP contribution in [0.15, 0.2) is 36.7 Å². The molecule has 0 saturated carbocycles. The second-order valence-electron chi connectivity index (χ2n) is 6.64. The van der Waals surface area contributed by atoms with Crippen LogP contribution in [0.3, 0.4) is 0 Å². The number of likely N-dealkylation sites (N-methyl/N-ethyl adjacent to an activating group) is 1.